The molecule has 1 aromatic carbocycles. The van der Waals surface area contributed by atoms with E-state index in [-0.39, 0.29) is 11.6 Å². The number of rotatable bonds is 2. The molecular weight excluding hydrogens is 340 g/mol. The molecule has 0 saturated heterocycles. The molecule has 0 atom stereocenters. The van der Waals surface area contributed by atoms with Crippen LogP contribution in [0.1, 0.15) is 10.5 Å². The Morgan fingerprint density at radius 3 is 2.81 bits per heavy atom. The van der Waals surface area contributed by atoms with Crippen LogP contribution in [0.4, 0.5) is 5.69 Å². The van der Waals surface area contributed by atoms with Crippen molar-refractivity contribution in [1.29, 1.82) is 0 Å². The number of aromatic amines is 1. The first-order valence-corrected chi connectivity index (χ1v) is 5.87. The Bertz CT molecular complexity index is 512. The van der Waals surface area contributed by atoms with Crippen LogP contribution in [0.25, 0.3) is 0 Å². The van der Waals surface area contributed by atoms with E-state index in [1.807, 2.05) is 12.1 Å². The number of carbonyl (C=O) groups is 1. The van der Waals surface area contributed by atoms with Gasteiger partial charge in [-0.05, 0) is 34.1 Å². The summed E-state index contributed by atoms with van der Waals surface area (Å²) in [6.07, 6.45) is 1.36. The number of halogens is 2. The summed E-state index contributed by atoms with van der Waals surface area (Å²) >= 11 is 6.68. The maximum Gasteiger partial charge on any atom is 0.277 e. The largest absolute Gasteiger partial charge is 0.319 e. The zero-order valence-electron chi connectivity index (χ0n) is 7.87. The Balaban J connectivity index is 2.18. The van der Waals surface area contributed by atoms with Gasteiger partial charge in [0, 0.05) is 8.95 Å². The van der Waals surface area contributed by atoms with Crippen LogP contribution in [0.5, 0.6) is 0 Å². The summed E-state index contributed by atoms with van der Waals surface area (Å²) in [6.45, 7) is 0. The van der Waals surface area contributed by atoms with Crippen LogP contribution in [0.2, 0.25) is 0 Å². The van der Waals surface area contributed by atoms with E-state index in [1.165, 1.54) is 6.20 Å². The number of benzene rings is 1. The lowest BCUT2D eigenvalue weighted by molar-refractivity contribution is 0.102. The molecule has 16 heavy (non-hydrogen) atoms. The summed E-state index contributed by atoms with van der Waals surface area (Å²) in [7, 11) is 0. The monoisotopic (exact) mass is 344 g/mol. The van der Waals surface area contributed by atoms with E-state index in [0.717, 1.165) is 8.95 Å². The van der Waals surface area contributed by atoms with Crippen LogP contribution >= 0.6 is 31.9 Å². The van der Waals surface area contributed by atoms with Gasteiger partial charge >= 0.3 is 0 Å². The van der Waals surface area contributed by atoms with Gasteiger partial charge < -0.3 is 5.32 Å². The molecule has 0 spiro atoms. The van der Waals surface area contributed by atoms with Gasteiger partial charge in [0.15, 0.2) is 5.69 Å². The fourth-order valence-electron chi connectivity index (χ4n) is 1.09. The summed E-state index contributed by atoms with van der Waals surface area (Å²) in [6, 6.07) is 5.47. The lowest BCUT2D eigenvalue weighted by Gasteiger charge is -2.05. The van der Waals surface area contributed by atoms with Gasteiger partial charge in [-0.15, -0.1) is 0 Å². The maximum absolute atomic E-state index is 11.6. The van der Waals surface area contributed by atoms with Crippen molar-refractivity contribution in [1.82, 2.24) is 15.4 Å². The molecule has 1 heterocycles. The van der Waals surface area contributed by atoms with Crippen molar-refractivity contribution >= 4 is 43.5 Å². The molecule has 1 aromatic heterocycles. The Morgan fingerprint density at radius 1 is 1.38 bits per heavy atom. The Hall–Kier alpha value is -1.21. The number of aromatic nitrogens is 3. The second kappa shape index (κ2) is 4.75. The summed E-state index contributed by atoms with van der Waals surface area (Å²) in [5.74, 6) is -0.309. The number of H-pyrrole nitrogens is 1. The third-order valence-electron chi connectivity index (χ3n) is 1.83. The van der Waals surface area contributed by atoms with E-state index in [4.69, 9.17) is 0 Å². The number of nitrogens with zero attached hydrogens (tertiary/aromatic N) is 2. The van der Waals surface area contributed by atoms with Crippen LogP contribution < -0.4 is 5.32 Å². The van der Waals surface area contributed by atoms with Crippen molar-refractivity contribution in [2.24, 2.45) is 0 Å². The molecular formula is C9H6Br2N4O. The predicted molar refractivity (Wildman–Crippen MR) is 66.2 cm³/mol. The Kier molecular flexibility index (Phi) is 3.35. The molecule has 1 amide bonds. The van der Waals surface area contributed by atoms with Crippen molar-refractivity contribution in [2.45, 2.75) is 0 Å². The zero-order valence-corrected chi connectivity index (χ0v) is 11.0. The molecule has 5 nitrogen and oxygen atoms in total. The Morgan fingerprint density at radius 2 is 2.19 bits per heavy atom. The summed E-state index contributed by atoms with van der Waals surface area (Å²) in [4.78, 5) is 11.6. The fraction of sp³-hybridized carbons (Fsp3) is 0. The highest BCUT2D eigenvalue weighted by molar-refractivity contribution is 9.11. The maximum atomic E-state index is 11.6. The topological polar surface area (TPSA) is 70.7 Å². The van der Waals surface area contributed by atoms with Crippen molar-refractivity contribution < 1.29 is 4.79 Å². The minimum absolute atomic E-state index is 0.245. The normalized spacial score (nSPS) is 10.1. The molecule has 0 fully saturated rings. The number of carbonyl (C=O) groups excluding carboxylic acids is 1. The summed E-state index contributed by atoms with van der Waals surface area (Å²) in [5, 5.41) is 12.3. The van der Waals surface area contributed by atoms with E-state index in [9.17, 15) is 4.79 Å². The number of hydrogen-bond acceptors (Lipinski definition) is 3. The summed E-state index contributed by atoms with van der Waals surface area (Å²) in [5.41, 5.74) is 0.922. The van der Waals surface area contributed by atoms with Gasteiger partial charge in [-0.25, -0.2) is 0 Å². The second-order valence-corrected chi connectivity index (χ2v) is 4.70. The summed E-state index contributed by atoms with van der Waals surface area (Å²) < 4.78 is 1.72. The zero-order chi connectivity index (χ0) is 11.5. The minimum Gasteiger partial charge on any atom is -0.319 e. The van der Waals surface area contributed by atoms with Crippen molar-refractivity contribution in [2.75, 3.05) is 5.32 Å². The van der Waals surface area contributed by atoms with Crippen molar-refractivity contribution in [3.05, 3.63) is 39.0 Å². The van der Waals surface area contributed by atoms with E-state index >= 15 is 0 Å². The first kappa shape index (κ1) is 11.3. The Labute approximate surface area is 108 Å². The molecule has 82 valence electrons. The molecule has 0 bridgehead atoms. The van der Waals surface area contributed by atoms with Crippen molar-refractivity contribution in [3.8, 4) is 0 Å². The fourth-order valence-corrected chi connectivity index (χ4v) is 2.23. The molecule has 0 saturated carbocycles. The molecule has 2 rings (SSSR count). The standard InChI is InChI=1S/C9H6Br2N4O/c10-5-1-2-7(6(11)3-5)13-9(16)8-4-12-15-14-8/h1-4H,(H,13,16)(H,12,14,15). The van der Waals surface area contributed by atoms with E-state index in [2.05, 4.69) is 52.6 Å². The predicted octanol–water partition coefficient (Wildman–Crippen LogP) is 2.58. The molecule has 0 aliphatic rings. The molecule has 0 aliphatic carbocycles. The van der Waals surface area contributed by atoms with Crippen LogP contribution in [-0.2, 0) is 0 Å². The van der Waals surface area contributed by atoms with E-state index < -0.39 is 0 Å². The number of anilines is 1. The molecule has 2 N–H and O–H groups in total. The molecule has 0 radical (unpaired) electrons. The SMILES string of the molecule is O=C(Nc1ccc(Br)cc1Br)c1cn[nH]n1. The van der Waals surface area contributed by atoms with Gasteiger partial charge in [-0.2, -0.15) is 15.4 Å². The highest BCUT2D eigenvalue weighted by Crippen LogP contribution is 2.26. The van der Waals surface area contributed by atoms with Crippen molar-refractivity contribution in [3.63, 3.8) is 0 Å². The van der Waals surface area contributed by atoms with Gasteiger partial charge in [-0.1, -0.05) is 15.9 Å². The van der Waals surface area contributed by atoms with Gasteiger partial charge in [0.2, 0.25) is 0 Å². The van der Waals surface area contributed by atoms with Gasteiger partial charge in [0.25, 0.3) is 5.91 Å². The lowest BCUT2D eigenvalue weighted by Crippen LogP contribution is -2.12. The van der Waals surface area contributed by atoms with Crippen LogP contribution in [-0.4, -0.2) is 21.3 Å². The number of amides is 1. The average Bonchev–Trinajstić information content (AvgIpc) is 2.75. The van der Waals surface area contributed by atoms with E-state index in [1.54, 1.807) is 6.07 Å². The lowest BCUT2D eigenvalue weighted by atomic mass is 10.3. The van der Waals surface area contributed by atoms with E-state index in [0.29, 0.717) is 5.69 Å². The molecule has 7 heteroatoms. The molecule has 0 aliphatic heterocycles. The quantitative estimate of drug-likeness (QED) is 0.878. The highest BCUT2D eigenvalue weighted by Gasteiger charge is 2.10. The van der Waals surface area contributed by atoms with Crippen LogP contribution in [0.15, 0.2) is 33.3 Å². The van der Waals surface area contributed by atoms with Gasteiger partial charge in [0.05, 0.1) is 11.9 Å². The first-order valence-electron chi connectivity index (χ1n) is 4.29. The smallest absolute Gasteiger partial charge is 0.277 e. The average molecular weight is 346 g/mol. The second-order valence-electron chi connectivity index (χ2n) is 2.93. The number of hydrogen-bond donors (Lipinski definition) is 2. The van der Waals surface area contributed by atoms with Gasteiger partial charge in [-0.3, -0.25) is 4.79 Å². The third-order valence-corrected chi connectivity index (χ3v) is 2.98. The first-order chi connectivity index (χ1) is 7.66. The van der Waals surface area contributed by atoms with Crippen LogP contribution in [0.3, 0.4) is 0 Å². The highest BCUT2D eigenvalue weighted by atomic mass is 79.9. The van der Waals surface area contributed by atoms with Crippen LogP contribution in [0, 0.1) is 0 Å². The minimum atomic E-state index is -0.309. The third kappa shape index (κ3) is 2.48. The van der Waals surface area contributed by atoms with Gasteiger partial charge in [0.1, 0.15) is 0 Å². The number of nitrogens with one attached hydrogen (secondary N) is 2. The molecule has 2 aromatic rings. The molecule has 0 unspecified atom stereocenters.